The maximum absolute atomic E-state index is 4.37. The zero-order valence-electron chi connectivity index (χ0n) is 10.2. The molecule has 0 spiro atoms. The summed E-state index contributed by atoms with van der Waals surface area (Å²) in [4.78, 5) is 4.37. The average molecular weight is 231 g/mol. The Bertz CT molecular complexity index is 520. The minimum Gasteiger partial charge on any atom is -0.364 e. The molecule has 90 valence electrons. The van der Waals surface area contributed by atoms with Crippen molar-refractivity contribution in [3.8, 4) is 0 Å². The number of nitrogens with one attached hydrogen (secondary N) is 1. The number of fused-ring (bicyclic) bond motifs is 1. The van der Waals surface area contributed by atoms with Crippen molar-refractivity contribution in [3.05, 3.63) is 18.7 Å². The van der Waals surface area contributed by atoms with E-state index < -0.39 is 0 Å². The Morgan fingerprint density at radius 2 is 2.24 bits per heavy atom. The Balaban J connectivity index is 1.88. The highest BCUT2D eigenvalue weighted by Crippen LogP contribution is 2.33. The lowest BCUT2D eigenvalue weighted by molar-refractivity contribution is 0.435. The summed E-state index contributed by atoms with van der Waals surface area (Å²) in [5, 5.41) is 11.5. The maximum atomic E-state index is 4.37. The van der Waals surface area contributed by atoms with Crippen LogP contribution in [0.5, 0.6) is 0 Å². The highest BCUT2D eigenvalue weighted by Gasteiger charge is 2.30. The van der Waals surface area contributed by atoms with E-state index >= 15 is 0 Å². The molecule has 0 radical (unpaired) electrons. The van der Waals surface area contributed by atoms with Gasteiger partial charge in [0, 0.05) is 18.4 Å². The van der Waals surface area contributed by atoms with E-state index in [1.54, 1.807) is 12.5 Å². The van der Waals surface area contributed by atoms with Gasteiger partial charge in [0.2, 0.25) is 5.65 Å². The third-order valence-electron chi connectivity index (χ3n) is 4.00. The Hall–Kier alpha value is -1.65. The van der Waals surface area contributed by atoms with Crippen molar-refractivity contribution in [2.45, 2.75) is 32.7 Å². The van der Waals surface area contributed by atoms with Gasteiger partial charge in [-0.15, -0.1) is 10.2 Å². The molecule has 0 aliphatic heterocycles. The van der Waals surface area contributed by atoms with Crippen LogP contribution in [0.4, 0.5) is 5.82 Å². The monoisotopic (exact) mass is 231 g/mol. The fourth-order valence-corrected chi connectivity index (χ4v) is 2.60. The summed E-state index contributed by atoms with van der Waals surface area (Å²) < 4.78 is 1.89. The Morgan fingerprint density at radius 1 is 1.35 bits per heavy atom. The molecule has 5 nitrogen and oxygen atoms in total. The first-order valence-electron chi connectivity index (χ1n) is 6.16. The molecule has 0 bridgehead atoms. The van der Waals surface area contributed by atoms with E-state index in [-0.39, 0.29) is 0 Å². The molecule has 1 fully saturated rings. The van der Waals surface area contributed by atoms with Crippen LogP contribution in [-0.4, -0.2) is 25.6 Å². The van der Waals surface area contributed by atoms with Crippen molar-refractivity contribution in [2.24, 2.45) is 11.8 Å². The molecule has 0 aromatic carbocycles. The van der Waals surface area contributed by atoms with E-state index in [1.807, 2.05) is 10.6 Å². The lowest BCUT2D eigenvalue weighted by Crippen LogP contribution is -2.24. The van der Waals surface area contributed by atoms with Crippen molar-refractivity contribution >= 4 is 11.5 Å². The molecule has 2 aromatic rings. The topological polar surface area (TPSA) is 55.1 Å². The van der Waals surface area contributed by atoms with Gasteiger partial charge in [0.05, 0.1) is 0 Å². The quantitative estimate of drug-likeness (QED) is 0.858. The summed E-state index contributed by atoms with van der Waals surface area (Å²) in [5.41, 5.74) is 0.805. The van der Waals surface area contributed by atoms with Gasteiger partial charge in [-0.3, -0.25) is 4.40 Å². The van der Waals surface area contributed by atoms with Crippen molar-refractivity contribution in [1.82, 2.24) is 19.6 Å². The van der Waals surface area contributed by atoms with Crippen molar-refractivity contribution in [1.29, 1.82) is 0 Å². The van der Waals surface area contributed by atoms with Gasteiger partial charge >= 0.3 is 0 Å². The molecule has 1 aliphatic carbocycles. The SMILES string of the molecule is CC1CCC(Nc2nccn3cnnc23)C1C. The number of aromatic nitrogens is 4. The van der Waals surface area contributed by atoms with Crippen LogP contribution < -0.4 is 5.32 Å². The maximum Gasteiger partial charge on any atom is 0.203 e. The van der Waals surface area contributed by atoms with Gasteiger partial charge in [-0.2, -0.15) is 0 Å². The molecule has 3 unspecified atom stereocenters. The van der Waals surface area contributed by atoms with Gasteiger partial charge in [-0.05, 0) is 24.7 Å². The van der Waals surface area contributed by atoms with Gasteiger partial charge in [0.1, 0.15) is 6.33 Å². The third kappa shape index (κ3) is 1.75. The molecule has 3 rings (SSSR count). The molecular weight excluding hydrogens is 214 g/mol. The van der Waals surface area contributed by atoms with Gasteiger partial charge < -0.3 is 5.32 Å². The highest BCUT2D eigenvalue weighted by molar-refractivity contribution is 5.61. The van der Waals surface area contributed by atoms with Crippen LogP contribution in [0.15, 0.2) is 18.7 Å². The second kappa shape index (κ2) is 3.98. The van der Waals surface area contributed by atoms with Crippen LogP contribution >= 0.6 is 0 Å². The van der Waals surface area contributed by atoms with E-state index in [4.69, 9.17) is 0 Å². The largest absolute Gasteiger partial charge is 0.364 e. The normalized spacial score (nSPS) is 28.7. The van der Waals surface area contributed by atoms with Crippen LogP contribution in [0.3, 0.4) is 0 Å². The predicted octanol–water partition coefficient (Wildman–Crippen LogP) is 1.97. The Kier molecular flexibility index (Phi) is 2.46. The molecule has 5 heteroatoms. The summed E-state index contributed by atoms with van der Waals surface area (Å²) in [5.74, 6) is 2.31. The fourth-order valence-electron chi connectivity index (χ4n) is 2.60. The molecule has 1 saturated carbocycles. The zero-order valence-corrected chi connectivity index (χ0v) is 10.2. The molecule has 2 aromatic heterocycles. The highest BCUT2D eigenvalue weighted by atomic mass is 15.2. The molecule has 3 atom stereocenters. The van der Waals surface area contributed by atoms with E-state index in [1.165, 1.54) is 12.8 Å². The molecule has 0 amide bonds. The number of rotatable bonds is 2. The lowest BCUT2D eigenvalue weighted by Gasteiger charge is -2.20. The van der Waals surface area contributed by atoms with Gasteiger partial charge in [-0.1, -0.05) is 13.8 Å². The van der Waals surface area contributed by atoms with Crippen LogP contribution in [0.2, 0.25) is 0 Å². The second-order valence-corrected chi connectivity index (χ2v) is 5.00. The van der Waals surface area contributed by atoms with Crippen LogP contribution in [0.1, 0.15) is 26.7 Å². The predicted molar refractivity (Wildman–Crippen MR) is 65.8 cm³/mol. The summed E-state index contributed by atoms with van der Waals surface area (Å²) in [7, 11) is 0. The van der Waals surface area contributed by atoms with E-state index in [2.05, 4.69) is 34.3 Å². The molecule has 2 heterocycles. The second-order valence-electron chi connectivity index (χ2n) is 5.00. The number of hydrogen-bond donors (Lipinski definition) is 1. The first kappa shape index (κ1) is 10.5. The van der Waals surface area contributed by atoms with Crippen LogP contribution in [-0.2, 0) is 0 Å². The molecule has 17 heavy (non-hydrogen) atoms. The number of anilines is 1. The Morgan fingerprint density at radius 3 is 3.00 bits per heavy atom. The van der Waals surface area contributed by atoms with Gasteiger partial charge in [-0.25, -0.2) is 4.98 Å². The van der Waals surface area contributed by atoms with Crippen molar-refractivity contribution in [2.75, 3.05) is 5.32 Å². The minimum atomic E-state index is 0.500. The fraction of sp³-hybridized carbons (Fsp3) is 0.583. The first-order valence-corrected chi connectivity index (χ1v) is 6.16. The molecule has 1 aliphatic rings. The van der Waals surface area contributed by atoms with E-state index in [9.17, 15) is 0 Å². The summed E-state index contributed by atoms with van der Waals surface area (Å²) in [6.45, 7) is 4.62. The van der Waals surface area contributed by atoms with Crippen molar-refractivity contribution in [3.63, 3.8) is 0 Å². The third-order valence-corrected chi connectivity index (χ3v) is 4.00. The molecule has 1 N–H and O–H groups in total. The van der Waals surface area contributed by atoms with E-state index in [0.717, 1.165) is 17.4 Å². The van der Waals surface area contributed by atoms with E-state index in [0.29, 0.717) is 12.0 Å². The average Bonchev–Trinajstić information content (AvgIpc) is 2.91. The Labute approximate surface area is 100 Å². The molecule has 0 saturated heterocycles. The smallest absolute Gasteiger partial charge is 0.203 e. The van der Waals surface area contributed by atoms with Crippen molar-refractivity contribution < 1.29 is 0 Å². The lowest BCUT2D eigenvalue weighted by atomic mass is 9.98. The summed E-state index contributed by atoms with van der Waals surface area (Å²) >= 11 is 0. The van der Waals surface area contributed by atoms with Gasteiger partial charge in [0.25, 0.3) is 0 Å². The number of hydrogen-bond acceptors (Lipinski definition) is 4. The summed E-state index contributed by atoms with van der Waals surface area (Å²) in [6, 6.07) is 0.500. The minimum absolute atomic E-state index is 0.500. The van der Waals surface area contributed by atoms with Crippen LogP contribution in [0, 0.1) is 11.8 Å². The zero-order chi connectivity index (χ0) is 11.8. The summed E-state index contributed by atoms with van der Waals surface area (Å²) in [6.07, 6.45) is 7.83. The standard InChI is InChI=1S/C12H17N5/c1-8-3-4-10(9(8)2)15-11-12-16-14-7-17(12)6-5-13-11/h5-10H,3-4H2,1-2H3,(H,13,15). The first-order chi connectivity index (χ1) is 8.25. The number of nitrogens with zero attached hydrogens (tertiary/aromatic N) is 4. The van der Waals surface area contributed by atoms with Crippen LogP contribution in [0.25, 0.3) is 5.65 Å². The van der Waals surface area contributed by atoms with Gasteiger partial charge in [0.15, 0.2) is 5.82 Å². The molecular formula is C12H17N5.